The van der Waals surface area contributed by atoms with Crippen LogP contribution in [0.4, 0.5) is 0 Å². The molecule has 0 radical (unpaired) electrons. The summed E-state index contributed by atoms with van der Waals surface area (Å²) in [5.74, 6) is 0.0494. The van der Waals surface area contributed by atoms with E-state index in [-0.39, 0.29) is 11.7 Å². The number of methoxy groups -OCH3 is 1. The Hall–Kier alpha value is -1.61. The topological polar surface area (TPSA) is 70.9 Å². The molecule has 0 saturated heterocycles. The molecule has 0 saturated carbocycles. The molecule has 7 heteroatoms. The van der Waals surface area contributed by atoms with Crippen LogP contribution in [0, 0.1) is 3.57 Å². The van der Waals surface area contributed by atoms with Gasteiger partial charge in [0.1, 0.15) is 0 Å². The van der Waals surface area contributed by atoms with Crippen LogP contribution in [0.1, 0.15) is 15.9 Å². The second-order valence-corrected chi connectivity index (χ2v) is 6.25. The Kier molecular flexibility index (Phi) is 5.78. The number of amides is 1. The van der Waals surface area contributed by atoms with Gasteiger partial charge in [0.15, 0.2) is 11.5 Å². The van der Waals surface area contributed by atoms with E-state index in [2.05, 4.69) is 49.0 Å². The fourth-order valence-corrected chi connectivity index (χ4v) is 2.79. The summed E-state index contributed by atoms with van der Waals surface area (Å²) in [6.45, 7) is 0. The predicted octanol–water partition coefficient (Wildman–Crippen LogP) is 3.53. The number of ether oxygens (including phenoxy) is 1. The Labute approximate surface area is 149 Å². The van der Waals surface area contributed by atoms with Crippen molar-refractivity contribution >= 4 is 50.6 Å². The molecule has 2 aromatic carbocycles. The van der Waals surface area contributed by atoms with Crippen molar-refractivity contribution in [3.05, 3.63) is 55.6 Å². The first kappa shape index (κ1) is 16.8. The van der Waals surface area contributed by atoms with Gasteiger partial charge in [0, 0.05) is 3.57 Å². The molecule has 0 unspecified atom stereocenters. The molecule has 114 valence electrons. The Morgan fingerprint density at radius 1 is 1.41 bits per heavy atom. The van der Waals surface area contributed by atoms with Crippen molar-refractivity contribution in [2.24, 2.45) is 5.10 Å². The third-order valence-corrected chi connectivity index (χ3v) is 4.31. The molecular formula is C15H12BrIN2O3. The number of hydrogen-bond acceptors (Lipinski definition) is 4. The zero-order chi connectivity index (χ0) is 16.1. The molecule has 2 rings (SSSR count). The number of phenolic OH excluding ortho intramolecular Hbond substituents is 1. The van der Waals surface area contributed by atoms with Crippen LogP contribution in [0.25, 0.3) is 0 Å². The van der Waals surface area contributed by atoms with E-state index in [1.54, 1.807) is 24.3 Å². The number of aromatic hydroxyl groups is 1. The molecule has 0 bridgehead atoms. The number of hydrogen-bond donors (Lipinski definition) is 2. The quantitative estimate of drug-likeness (QED) is 0.404. The molecule has 0 aliphatic rings. The van der Waals surface area contributed by atoms with E-state index in [4.69, 9.17) is 4.74 Å². The maximum absolute atomic E-state index is 12.0. The minimum Gasteiger partial charge on any atom is -0.503 e. The van der Waals surface area contributed by atoms with Crippen LogP contribution in [-0.4, -0.2) is 24.3 Å². The van der Waals surface area contributed by atoms with Gasteiger partial charge in [-0.25, -0.2) is 5.43 Å². The first-order valence-electron chi connectivity index (χ1n) is 6.17. The second-order valence-electron chi connectivity index (χ2n) is 4.23. The molecule has 0 heterocycles. The number of hydrazone groups is 1. The van der Waals surface area contributed by atoms with Crippen LogP contribution in [-0.2, 0) is 0 Å². The highest BCUT2D eigenvalue weighted by Crippen LogP contribution is 2.34. The SMILES string of the molecule is COc1cc(/C=N/NC(=O)c2ccccc2I)cc(Br)c1O. The number of benzene rings is 2. The van der Waals surface area contributed by atoms with Gasteiger partial charge in [-0.1, -0.05) is 12.1 Å². The number of halogens is 2. The lowest BCUT2D eigenvalue weighted by Crippen LogP contribution is -2.18. The molecule has 1 amide bonds. The summed E-state index contributed by atoms with van der Waals surface area (Å²) >= 11 is 5.32. The van der Waals surface area contributed by atoms with Crippen LogP contribution < -0.4 is 10.2 Å². The fourth-order valence-electron chi connectivity index (χ4n) is 1.69. The van der Waals surface area contributed by atoms with Crippen LogP contribution in [0.2, 0.25) is 0 Å². The summed E-state index contributed by atoms with van der Waals surface area (Å²) in [6.07, 6.45) is 1.47. The summed E-state index contributed by atoms with van der Waals surface area (Å²) < 4.78 is 6.38. The van der Waals surface area contributed by atoms with Crippen molar-refractivity contribution < 1.29 is 14.6 Å². The van der Waals surface area contributed by atoms with Gasteiger partial charge in [-0.15, -0.1) is 0 Å². The van der Waals surface area contributed by atoms with E-state index < -0.39 is 0 Å². The van der Waals surface area contributed by atoms with Crippen molar-refractivity contribution in [1.29, 1.82) is 0 Å². The van der Waals surface area contributed by atoms with Gasteiger partial charge >= 0.3 is 0 Å². The standard InChI is InChI=1S/C15H12BrIN2O3/c1-22-13-7-9(6-11(16)14(13)20)8-18-19-15(21)10-4-2-3-5-12(10)17/h2-8,20H,1H3,(H,19,21)/b18-8+. The number of carbonyl (C=O) groups is 1. The Bertz CT molecular complexity index is 735. The van der Waals surface area contributed by atoms with E-state index in [1.165, 1.54) is 13.3 Å². The number of nitrogens with zero attached hydrogens (tertiary/aromatic N) is 1. The second kappa shape index (κ2) is 7.59. The smallest absolute Gasteiger partial charge is 0.272 e. The Balaban J connectivity index is 2.12. The largest absolute Gasteiger partial charge is 0.503 e. The predicted molar refractivity (Wildman–Crippen MR) is 96.6 cm³/mol. The highest BCUT2D eigenvalue weighted by molar-refractivity contribution is 14.1. The number of rotatable bonds is 4. The van der Waals surface area contributed by atoms with Gasteiger partial charge in [0.2, 0.25) is 0 Å². The summed E-state index contributed by atoms with van der Waals surface area (Å²) in [5.41, 5.74) is 3.70. The molecular weight excluding hydrogens is 463 g/mol. The summed E-state index contributed by atoms with van der Waals surface area (Å²) in [4.78, 5) is 12.0. The van der Waals surface area contributed by atoms with Gasteiger partial charge in [-0.2, -0.15) is 5.10 Å². The molecule has 0 aromatic heterocycles. The van der Waals surface area contributed by atoms with Gasteiger partial charge in [0.05, 0.1) is 23.4 Å². The van der Waals surface area contributed by atoms with E-state index >= 15 is 0 Å². The van der Waals surface area contributed by atoms with Crippen molar-refractivity contribution in [1.82, 2.24) is 5.43 Å². The number of carbonyl (C=O) groups excluding carboxylic acids is 1. The van der Waals surface area contributed by atoms with Crippen LogP contribution in [0.3, 0.4) is 0 Å². The summed E-state index contributed by atoms with van der Waals surface area (Å²) in [7, 11) is 1.46. The van der Waals surface area contributed by atoms with Crippen molar-refractivity contribution in [2.45, 2.75) is 0 Å². The lowest BCUT2D eigenvalue weighted by Gasteiger charge is -2.06. The van der Waals surface area contributed by atoms with Crippen LogP contribution in [0.15, 0.2) is 46.0 Å². The minimum atomic E-state index is -0.286. The molecule has 0 aliphatic carbocycles. The van der Waals surface area contributed by atoms with E-state index in [9.17, 15) is 9.90 Å². The third kappa shape index (κ3) is 3.98. The zero-order valence-corrected chi connectivity index (χ0v) is 15.3. The highest BCUT2D eigenvalue weighted by Gasteiger charge is 2.09. The van der Waals surface area contributed by atoms with Crippen LogP contribution in [0.5, 0.6) is 11.5 Å². The monoisotopic (exact) mass is 474 g/mol. The van der Waals surface area contributed by atoms with Crippen molar-refractivity contribution in [2.75, 3.05) is 7.11 Å². The maximum Gasteiger partial charge on any atom is 0.272 e. The van der Waals surface area contributed by atoms with E-state index in [0.717, 1.165) is 3.57 Å². The zero-order valence-electron chi connectivity index (χ0n) is 11.5. The van der Waals surface area contributed by atoms with Crippen molar-refractivity contribution in [3.8, 4) is 11.5 Å². The molecule has 0 spiro atoms. The molecule has 0 atom stereocenters. The molecule has 22 heavy (non-hydrogen) atoms. The number of phenols is 1. The van der Waals surface area contributed by atoms with Gasteiger partial charge in [0.25, 0.3) is 5.91 Å². The van der Waals surface area contributed by atoms with E-state index in [0.29, 0.717) is 21.3 Å². The summed E-state index contributed by atoms with van der Waals surface area (Å²) in [6, 6.07) is 10.5. The normalized spacial score (nSPS) is 10.7. The van der Waals surface area contributed by atoms with Gasteiger partial charge < -0.3 is 9.84 Å². The van der Waals surface area contributed by atoms with E-state index in [1.807, 2.05) is 12.1 Å². The third-order valence-electron chi connectivity index (χ3n) is 2.77. The average molecular weight is 475 g/mol. The lowest BCUT2D eigenvalue weighted by atomic mass is 10.2. The fraction of sp³-hybridized carbons (Fsp3) is 0.0667. The number of nitrogens with one attached hydrogen (secondary N) is 1. The molecule has 0 aliphatic heterocycles. The van der Waals surface area contributed by atoms with Crippen LogP contribution >= 0.6 is 38.5 Å². The Morgan fingerprint density at radius 2 is 2.14 bits per heavy atom. The highest BCUT2D eigenvalue weighted by atomic mass is 127. The minimum absolute atomic E-state index is 0.0162. The average Bonchev–Trinajstić information content (AvgIpc) is 2.50. The first-order valence-corrected chi connectivity index (χ1v) is 8.04. The molecule has 2 aromatic rings. The molecule has 5 nitrogen and oxygen atoms in total. The van der Waals surface area contributed by atoms with Crippen molar-refractivity contribution in [3.63, 3.8) is 0 Å². The van der Waals surface area contributed by atoms with Gasteiger partial charge in [-0.3, -0.25) is 4.79 Å². The Morgan fingerprint density at radius 3 is 2.82 bits per heavy atom. The lowest BCUT2D eigenvalue weighted by molar-refractivity contribution is 0.0954. The maximum atomic E-state index is 12.0. The van der Waals surface area contributed by atoms with Gasteiger partial charge in [-0.05, 0) is 68.3 Å². The summed E-state index contributed by atoms with van der Waals surface area (Å²) in [5, 5.41) is 13.6. The molecule has 0 fully saturated rings. The first-order chi connectivity index (χ1) is 10.5. The molecule has 2 N–H and O–H groups in total.